The van der Waals surface area contributed by atoms with Crippen molar-refractivity contribution in [2.75, 3.05) is 0 Å². The van der Waals surface area contributed by atoms with Gasteiger partial charge in [0.1, 0.15) is 0 Å². The van der Waals surface area contributed by atoms with E-state index in [4.69, 9.17) is 0 Å². The molecule has 0 nitrogen and oxygen atoms in total. The van der Waals surface area contributed by atoms with Gasteiger partial charge in [-0.25, -0.2) is 0 Å². The first-order valence-corrected chi connectivity index (χ1v) is 30.0. The van der Waals surface area contributed by atoms with E-state index in [1.165, 1.54) is 109 Å². The number of hydrogen-bond acceptors (Lipinski definition) is 0. The van der Waals surface area contributed by atoms with Crippen LogP contribution in [0.4, 0.5) is 0 Å². The van der Waals surface area contributed by atoms with Gasteiger partial charge in [-0.05, 0) is 0 Å². The van der Waals surface area contributed by atoms with E-state index in [1.54, 1.807) is 32.1 Å². The molecule has 0 N–H and O–H groups in total. The first-order valence-electron chi connectivity index (χ1n) is 17.6. The first kappa shape index (κ1) is 14.6. The van der Waals surface area contributed by atoms with Crippen LogP contribution in [0.25, 0.3) is 0 Å². The monoisotopic (exact) mass is 572 g/mol. The molecule has 37 heavy (non-hydrogen) atoms. The molecular formula is C35H40Fe2. The van der Waals surface area contributed by atoms with E-state index in [1.807, 2.05) is 0 Å². The van der Waals surface area contributed by atoms with E-state index in [2.05, 4.69) is 30.2 Å². The summed E-state index contributed by atoms with van der Waals surface area (Å²) in [4.78, 5) is 24.4. The topological polar surface area (TPSA) is 0 Å². The Balaban J connectivity index is 0.992. The molecule has 22 aliphatic rings. The molecule has 0 radical (unpaired) electrons. The molecule has 0 saturated carbocycles. The Bertz CT molecular complexity index is 2360. The number of allylic oxidation sites excluding steroid dienone is 4. The molecule has 2 spiro atoms. The summed E-state index contributed by atoms with van der Waals surface area (Å²) in [6.45, 7) is -4.02. The Kier molecular flexibility index (Phi) is 0.546. The summed E-state index contributed by atoms with van der Waals surface area (Å²) in [6, 6.07) is 0. The van der Waals surface area contributed by atoms with Gasteiger partial charge in [0.15, 0.2) is 0 Å². The Morgan fingerprint density at radius 3 is 1.27 bits per heavy atom. The molecule has 0 amide bonds. The molecule has 2 heteroatoms. The zero-order chi connectivity index (χ0) is 22.4. The summed E-state index contributed by atoms with van der Waals surface area (Å²) in [5.74, 6) is 1.37. The Morgan fingerprint density at radius 2 is 1.00 bits per heavy atom. The van der Waals surface area contributed by atoms with Crippen LogP contribution in [-0.2, 0) is 13.0 Å². The third kappa shape index (κ3) is 0.177. The van der Waals surface area contributed by atoms with Crippen LogP contribution in [-0.4, -0.2) is 0 Å². The third-order valence-corrected chi connectivity index (χ3v) is 121. The predicted molar refractivity (Wildman–Crippen MR) is 138 cm³/mol. The van der Waals surface area contributed by atoms with Gasteiger partial charge in [0.05, 0.1) is 0 Å². The molecule has 10 atom stereocenters. The summed E-state index contributed by atoms with van der Waals surface area (Å²) < 4.78 is 4.42. The van der Waals surface area contributed by atoms with Gasteiger partial charge < -0.3 is 0 Å². The molecule has 20 saturated heterocycles. The molecule has 0 aromatic carbocycles. The SMILES string of the molecule is CCC([C]12[CH]3[CH]4[CH]5[C]1(C1=CCCCC1)[Fe]45321678[CH]2[CH]1[CH]6[CH]7[CH]28)[C]12[CH]3[CH]4[CH]5[C]1(C1=CCCCC1)[Fe]45321678[CH]2[CH]1[CH]6[CH]7[CH]28. The van der Waals surface area contributed by atoms with Crippen molar-refractivity contribution in [1.82, 2.24) is 0 Å². The molecule has 196 valence electrons. The first-order chi connectivity index (χ1) is 17.8. The van der Waals surface area contributed by atoms with Gasteiger partial charge in [-0.2, -0.15) is 0 Å². The second-order valence-corrected chi connectivity index (χ2v) is 71.0. The van der Waals surface area contributed by atoms with Crippen LogP contribution in [0, 0.1) is 5.92 Å². The van der Waals surface area contributed by atoms with Crippen molar-refractivity contribution in [2.24, 2.45) is 5.92 Å². The summed E-state index contributed by atoms with van der Waals surface area (Å²) in [5.41, 5.74) is 4.60. The Labute approximate surface area is 200 Å². The summed E-state index contributed by atoms with van der Waals surface area (Å²) in [7, 11) is 0. The summed E-state index contributed by atoms with van der Waals surface area (Å²) in [5, 5.41) is 0. The van der Waals surface area contributed by atoms with Crippen molar-refractivity contribution < 1.29 is 13.0 Å². The zero-order valence-electron chi connectivity index (χ0n) is 22.0. The number of rotatable bonds is 5. The second-order valence-electron chi connectivity index (χ2n) is 24.5. The molecule has 0 aromatic heterocycles. The van der Waals surface area contributed by atoms with Crippen LogP contribution < -0.4 is 0 Å². The molecule has 20 fully saturated rings. The van der Waals surface area contributed by atoms with Crippen molar-refractivity contribution in [1.29, 1.82) is 0 Å². The molecule has 0 bridgehead atoms. The average Bonchev–Trinajstić information content (AvgIpc) is 3.81. The van der Waals surface area contributed by atoms with Crippen molar-refractivity contribution in [3.05, 3.63) is 23.3 Å². The predicted octanol–water partition coefficient (Wildman–Crippen LogP) is 11.3. The molecule has 22 rings (SSSR count). The molecule has 2 aliphatic carbocycles. The fourth-order valence-electron chi connectivity index (χ4n) is 40.6. The second kappa shape index (κ2) is 1.38. The third-order valence-electron chi connectivity index (χ3n) is 34.9. The molecule has 10 unspecified atom stereocenters. The van der Waals surface area contributed by atoms with Crippen molar-refractivity contribution in [2.45, 2.75) is 159 Å². The van der Waals surface area contributed by atoms with Gasteiger partial charge in [0.25, 0.3) is 0 Å². The van der Waals surface area contributed by atoms with E-state index >= 15 is 0 Å². The fraction of sp³-hybridized carbons (Fsp3) is 0.886. The van der Waals surface area contributed by atoms with Crippen LogP contribution in [0.2, 0.25) is 94.3 Å². The summed E-state index contributed by atoms with van der Waals surface area (Å²) in [6.07, 6.45) is 20.3. The van der Waals surface area contributed by atoms with Gasteiger partial charge in [-0.3, -0.25) is 0 Å². The fourth-order valence-corrected chi connectivity index (χ4v) is 196. The maximum absolute atomic E-state index is 3.45. The summed E-state index contributed by atoms with van der Waals surface area (Å²) >= 11 is 0. The van der Waals surface area contributed by atoms with Crippen LogP contribution >= 0.6 is 0 Å². The molecular weight excluding hydrogens is 532 g/mol. The molecule has 0 aromatic rings. The van der Waals surface area contributed by atoms with Gasteiger partial charge >= 0.3 is 201 Å². The molecule has 20 aliphatic heterocycles. The quantitative estimate of drug-likeness (QED) is 0.227. The van der Waals surface area contributed by atoms with E-state index in [0.29, 0.717) is 0 Å². The van der Waals surface area contributed by atoms with Crippen molar-refractivity contribution in [3.8, 4) is 0 Å². The van der Waals surface area contributed by atoms with Crippen LogP contribution in [0.5, 0.6) is 0 Å². The van der Waals surface area contributed by atoms with E-state index < -0.39 is 13.0 Å². The van der Waals surface area contributed by atoms with Gasteiger partial charge in [0, 0.05) is 0 Å². The van der Waals surface area contributed by atoms with Gasteiger partial charge in [-0.1, -0.05) is 0 Å². The van der Waals surface area contributed by atoms with Crippen LogP contribution in [0.3, 0.4) is 0 Å². The maximum atomic E-state index is 3.04. The van der Waals surface area contributed by atoms with E-state index in [0.717, 1.165) is 17.3 Å². The van der Waals surface area contributed by atoms with E-state index in [-0.39, 0.29) is 0 Å². The van der Waals surface area contributed by atoms with Gasteiger partial charge in [-0.15, -0.1) is 0 Å². The zero-order valence-corrected chi connectivity index (χ0v) is 24.2. The normalized spacial score (nSPS) is 121. The van der Waals surface area contributed by atoms with Crippen LogP contribution in [0.15, 0.2) is 23.3 Å². The average molecular weight is 572 g/mol. The molecule has 20 heterocycles. The van der Waals surface area contributed by atoms with Crippen molar-refractivity contribution >= 4 is 0 Å². The minimum absolute atomic E-state index is 1.07. The standard InChI is InChI=1S/C25H30.2C5H5.2Fe/c1-2-21(24-17-9-15-22(24)19-11-5-3-6-12-19)25-18-10-16-23(25)20-13-7-4-8-14-20;2*1-2-4-5-3-1;;/h9-11,13,15-18,21H,2-8,12,14H2,1H3;2*1-5H;;. The van der Waals surface area contributed by atoms with E-state index in [9.17, 15) is 0 Å². The minimum atomic E-state index is -3.45. The van der Waals surface area contributed by atoms with Gasteiger partial charge in [0.2, 0.25) is 0 Å². The Morgan fingerprint density at radius 1 is 0.595 bits per heavy atom. The number of fused-ring (bicyclic) bond motifs is 20. The van der Waals surface area contributed by atoms with Crippen molar-refractivity contribution in [3.63, 3.8) is 0 Å². The number of hydrogen-bond donors (Lipinski definition) is 0. The van der Waals surface area contributed by atoms with Crippen LogP contribution in [0.1, 0.15) is 64.7 Å². The Hall–Kier alpha value is 0.519.